The van der Waals surface area contributed by atoms with Gasteiger partial charge in [-0.15, -0.1) is 0 Å². The molecule has 14 heavy (non-hydrogen) atoms. The number of benzene rings is 1. The summed E-state index contributed by atoms with van der Waals surface area (Å²) in [6.45, 7) is 0. The van der Waals surface area contributed by atoms with Crippen LogP contribution in [0.15, 0.2) is 35.0 Å². The van der Waals surface area contributed by atoms with Crippen molar-refractivity contribution in [2.24, 2.45) is 0 Å². The summed E-state index contributed by atoms with van der Waals surface area (Å²) in [6.07, 6.45) is 0. The van der Waals surface area contributed by atoms with Crippen LogP contribution in [0.2, 0.25) is 5.02 Å². The van der Waals surface area contributed by atoms with Crippen LogP contribution < -0.4 is 11.1 Å². The number of anilines is 3. The molecule has 1 aromatic heterocycles. The number of nitrogen functional groups attached to an aromatic ring is 1. The molecule has 0 unspecified atom stereocenters. The second-order valence-corrected chi connectivity index (χ2v) is 4.09. The predicted octanol–water partition coefficient (Wildman–Crippen LogP) is 3.73. The first kappa shape index (κ1) is 9.37. The van der Waals surface area contributed by atoms with Crippen LogP contribution in [0.3, 0.4) is 0 Å². The molecule has 0 aliphatic carbocycles. The molecule has 4 heteroatoms. The summed E-state index contributed by atoms with van der Waals surface area (Å²) in [5.74, 6) is 0. The molecule has 0 aliphatic heterocycles. The molecule has 0 amide bonds. The third-order valence-corrected chi connectivity index (χ3v) is 2.73. The summed E-state index contributed by atoms with van der Waals surface area (Å²) in [7, 11) is 0. The van der Waals surface area contributed by atoms with Gasteiger partial charge >= 0.3 is 0 Å². The lowest BCUT2D eigenvalue weighted by Gasteiger charge is -2.07. The largest absolute Gasteiger partial charge is 0.397 e. The van der Waals surface area contributed by atoms with Crippen molar-refractivity contribution in [2.45, 2.75) is 0 Å². The molecule has 0 spiro atoms. The molecule has 2 aromatic rings. The zero-order valence-corrected chi connectivity index (χ0v) is 8.90. The molecule has 0 saturated carbocycles. The standard InChI is InChI=1S/C10H9ClN2S/c11-7-1-2-9(12)10(5-7)13-8-3-4-14-6-8/h1-6,13H,12H2. The summed E-state index contributed by atoms with van der Waals surface area (Å²) in [4.78, 5) is 0. The first-order valence-corrected chi connectivity index (χ1v) is 5.42. The van der Waals surface area contributed by atoms with E-state index < -0.39 is 0 Å². The lowest BCUT2D eigenvalue weighted by Crippen LogP contribution is -1.94. The molecule has 0 bridgehead atoms. The highest BCUT2D eigenvalue weighted by molar-refractivity contribution is 7.08. The number of nitrogens with two attached hydrogens (primary N) is 1. The summed E-state index contributed by atoms with van der Waals surface area (Å²) in [6, 6.07) is 7.37. The third-order valence-electron chi connectivity index (χ3n) is 1.82. The number of hydrogen-bond donors (Lipinski definition) is 2. The molecule has 2 rings (SSSR count). The highest BCUT2D eigenvalue weighted by Gasteiger charge is 2.00. The van der Waals surface area contributed by atoms with Crippen molar-refractivity contribution in [3.8, 4) is 0 Å². The first-order chi connectivity index (χ1) is 6.75. The minimum absolute atomic E-state index is 0.678. The molecule has 1 aromatic carbocycles. The first-order valence-electron chi connectivity index (χ1n) is 4.10. The Hall–Kier alpha value is -1.19. The molecular formula is C10H9ClN2S. The van der Waals surface area contributed by atoms with E-state index in [1.165, 1.54) is 0 Å². The highest BCUT2D eigenvalue weighted by Crippen LogP contribution is 2.27. The lowest BCUT2D eigenvalue weighted by atomic mass is 10.2. The van der Waals surface area contributed by atoms with E-state index in [1.54, 1.807) is 23.5 Å². The van der Waals surface area contributed by atoms with Crippen molar-refractivity contribution in [1.29, 1.82) is 0 Å². The Bertz CT molecular complexity index is 426. The Morgan fingerprint density at radius 2 is 2.14 bits per heavy atom. The van der Waals surface area contributed by atoms with Gasteiger partial charge in [0.25, 0.3) is 0 Å². The highest BCUT2D eigenvalue weighted by atomic mass is 35.5. The van der Waals surface area contributed by atoms with Crippen molar-refractivity contribution in [2.75, 3.05) is 11.1 Å². The van der Waals surface area contributed by atoms with E-state index in [4.69, 9.17) is 17.3 Å². The van der Waals surface area contributed by atoms with Crippen LogP contribution in [0.1, 0.15) is 0 Å². The number of thiophene rings is 1. The van der Waals surface area contributed by atoms with Gasteiger partial charge in [0.1, 0.15) is 0 Å². The molecule has 0 radical (unpaired) electrons. The monoisotopic (exact) mass is 224 g/mol. The maximum atomic E-state index is 5.86. The Kier molecular flexibility index (Phi) is 2.61. The third kappa shape index (κ3) is 2.00. The fourth-order valence-electron chi connectivity index (χ4n) is 1.13. The molecule has 2 nitrogen and oxygen atoms in total. The van der Waals surface area contributed by atoms with Crippen molar-refractivity contribution in [3.05, 3.63) is 40.0 Å². The average molecular weight is 225 g/mol. The van der Waals surface area contributed by atoms with Gasteiger partial charge in [-0.1, -0.05) is 11.6 Å². The molecule has 0 aliphatic rings. The quantitative estimate of drug-likeness (QED) is 0.763. The van der Waals surface area contributed by atoms with E-state index >= 15 is 0 Å². The number of rotatable bonds is 2. The molecular weight excluding hydrogens is 216 g/mol. The number of nitrogens with one attached hydrogen (secondary N) is 1. The van der Waals surface area contributed by atoms with Gasteiger partial charge in [0.05, 0.1) is 11.4 Å². The van der Waals surface area contributed by atoms with Crippen molar-refractivity contribution < 1.29 is 0 Å². The second-order valence-electron chi connectivity index (χ2n) is 2.87. The molecule has 72 valence electrons. The lowest BCUT2D eigenvalue weighted by molar-refractivity contribution is 1.58. The maximum Gasteiger partial charge on any atom is 0.0633 e. The Labute approximate surface area is 91.3 Å². The predicted molar refractivity (Wildman–Crippen MR) is 63.5 cm³/mol. The van der Waals surface area contributed by atoms with Crippen LogP contribution >= 0.6 is 22.9 Å². The normalized spacial score (nSPS) is 10.1. The smallest absolute Gasteiger partial charge is 0.0633 e. The van der Waals surface area contributed by atoms with Gasteiger partial charge < -0.3 is 11.1 Å². The Balaban J connectivity index is 2.28. The molecule has 0 atom stereocenters. The SMILES string of the molecule is Nc1ccc(Cl)cc1Nc1ccsc1. The zero-order chi connectivity index (χ0) is 9.97. The molecule has 1 heterocycles. The van der Waals surface area contributed by atoms with Gasteiger partial charge in [-0.2, -0.15) is 11.3 Å². The molecule has 0 saturated heterocycles. The van der Waals surface area contributed by atoms with Crippen LogP contribution in [0.5, 0.6) is 0 Å². The number of halogens is 1. The molecule has 3 N–H and O–H groups in total. The fraction of sp³-hybridized carbons (Fsp3) is 0. The maximum absolute atomic E-state index is 5.86. The van der Waals surface area contributed by atoms with E-state index in [0.717, 1.165) is 11.4 Å². The van der Waals surface area contributed by atoms with Crippen LogP contribution in [0.4, 0.5) is 17.1 Å². The Morgan fingerprint density at radius 3 is 2.86 bits per heavy atom. The van der Waals surface area contributed by atoms with E-state index in [9.17, 15) is 0 Å². The van der Waals surface area contributed by atoms with Crippen LogP contribution in [-0.2, 0) is 0 Å². The zero-order valence-electron chi connectivity index (χ0n) is 7.33. The van der Waals surface area contributed by atoms with Crippen LogP contribution in [0, 0.1) is 0 Å². The van der Waals surface area contributed by atoms with Crippen molar-refractivity contribution >= 4 is 40.0 Å². The van der Waals surface area contributed by atoms with E-state index in [0.29, 0.717) is 10.7 Å². The van der Waals surface area contributed by atoms with Gasteiger partial charge in [0.2, 0.25) is 0 Å². The van der Waals surface area contributed by atoms with Gasteiger partial charge in [-0.05, 0) is 29.6 Å². The topological polar surface area (TPSA) is 38.0 Å². The number of hydrogen-bond acceptors (Lipinski definition) is 3. The summed E-state index contributed by atoms with van der Waals surface area (Å²) < 4.78 is 0. The minimum atomic E-state index is 0.678. The summed E-state index contributed by atoms with van der Waals surface area (Å²) in [5, 5.41) is 7.89. The van der Waals surface area contributed by atoms with Gasteiger partial charge in [0, 0.05) is 16.1 Å². The summed E-state index contributed by atoms with van der Waals surface area (Å²) in [5.41, 5.74) is 8.36. The van der Waals surface area contributed by atoms with Crippen LogP contribution in [-0.4, -0.2) is 0 Å². The van der Waals surface area contributed by atoms with Gasteiger partial charge in [-0.25, -0.2) is 0 Å². The van der Waals surface area contributed by atoms with E-state index in [-0.39, 0.29) is 0 Å². The van der Waals surface area contributed by atoms with Crippen LogP contribution in [0.25, 0.3) is 0 Å². The van der Waals surface area contributed by atoms with Gasteiger partial charge in [-0.3, -0.25) is 0 Å². The average Bonchev–Trinajstić information content (AvgIpc) is 2.64. The Morgan fingerprint density at radius 1 is 1.29 bits per heavy atom. The second kappa shape index (κ2) is 3.90. The fourth-order valence-corrected chi connectivity index (χ4v) is 1.89. The minimum Gasteiger partial charge on any atom is -0.397 e. The van der Waals surface area contributed by atoms with E-state index in [1.807, 2.05) is 22.9 Å². The van der Waals surface area contributed by atoms with Crippen molar-refractivity contribution in [3.63, 3.8) is 0 Å². The van der Waals surface area contributed by atoms with Gasteiger partial charge in [0.15, 0.2) is 0 Å². The molecule has 0 fully saturated rings. The van der Waals surface area contributed by atoms with Crippen molar-refractivity contribution in [1.82, 2.24) is 0 Å². The van der Waals surface area contributed by atoms with E-state index in [2.05, 4.69) is 5.32 Å². The summed E-state index contributed by atoms with van der Waals surface area (Å²) >= 11 is 7.50.